The van der Waals surface area contributed by atoms with E-state index in [1.807, 2.05) is 12.3 Å². The summed E-state index contributed by atoms with van der Waals surface area (Å²) in [6.45, 7) is 0. The van der Waals surface area contributed by atoms with Gasteiger partial charge in [0.2, 0.25) is 0 Å². The average molecular weight is 318 g/mol. The van der Waals surface area contributed by atoms with Crippen molar-refractivity contribution < 1.29 is 9.18 Å². The van der Waals surface area contributed by atoms with Crippen LogP contribution in [0.2, 0.25) is 5.02 Å². The number of rotatable bonds is 3. The van der Waals surface area contributed by atoms with Crippen molar-refractivity contribution in [3.8, 4) is 11.3 Å². The zero-order chi connectivity index (χ0) is 15.5. The van der Waals surface area contributed by atoms with Crippen molar-refractivity contribution in [2.24, 2.45) is 5.92 Å². The van der Waals surface area contributed by atoms with Crippen LogP contribution in [-0.2, 0) is 4.79 Å². The molecule has 1 heterocycles. The van der Waals surface area contributed by atoms with Gasteiger partial charge in [0.05, 0.1) is 10.7 Å². The van der Waals surface area contributed by atoms with Crippen molar-refractivity contribution in [2.45, 2.75) is 31.6 Å². The maximum atomic E-state index is 13.2. The fourth-order valence-electron chi connectivity index (χ4n) is 3.06. The molecule has 2 nitrogen and oxygen atoms in total. The molecule has 0 atom stereocenters. The second kappa shape index (κ2) is 6.57. The number of hydrogen-bond acceptors (Lipinski definition) is 2. The molecule has 1 fully saturated rings. The third kappa shape index (κ3) is 3.20. The van der Waals surface area contributed by atoms with Gasteiger partial charge in [-0.25, -0.2) is 4.39 Å². The summed E-state index contributed by atoms with van der Waals surface area (Å²) in [5, 5.41) is 0.107. The Bertz CT molecular complexity index is 663. The number of aromatic nitrogens is 1. The van der Waals surface area contributed by atoms with Crippen LogP contribution in [0.25, 0.3) is 11.3 Å². The molecule has 4 heteroatoms. The van der Waals surface area contributed by atoms with Crippen LogP contribution in [0, 0.1) is 11.7 Å². The molecule has 1 aromatic carbocycles. The van der Waals surface area contributed by atoms with E-state index in [4.69, 9.17) is 11.6 Å². The van der Waals surface area contributed by atoms with Gasteiger partial charge in [-0.3, -0.25) is 4.98 Å². The van der Waals surface area contributed by atoms with Crippen LogP contribution < -0.4 is 0 Å². The first kappa shape index (κ1) is 15.2. The summed E-state index contributed by atoms with van der Waals surface area (Å²) in [6.07, 6.45) is 6.96. The molecule has 114 valence electrons. The van der Waals surface area contributed by atoms with Gasteiger partial charge in [0.25, 0.3) is 0 Å². The van der Waals surface area contributed by atoms with Gasteiger partial charge in [-0.05, 0) is 61.4 Å². The van der Waals surface area contributed by atoms with E-state index in [-0.39, 0.29) is 10.9 Å². The predicted octanol–water partition coefficient (Wildman–Crippen LogP) is 5.01. The van der Waals surface area contributed by atoms with E-state index >= 15 is 0 Å². The van der Waals surface area contributed by atoms with E-state index in [2.05, 4.69) is 11.1 Å². The monoisotopic (exact) mass is 317 g/mol. The molecule has 0 bridgehead atoms. The Morgan fingerprint density at radius 1 is 1.14 bits per heavy atom. The summed E-state index contributed by atoms with van der Waals surface area (Å²) in [6, 6.07) is 8.65. The van der Waals surface area contributed by atoms with Crippen LogP contribution in [0.3, 0.4) is 0 Å². The average Bonchev–Trinajstić information content (AvgIpc) is 2.58. The molecule has 0 radical (unpaired) electrons. The Labute approximate surface area is 134 Å². The number of carbonyl (C=O) groups is 1. The first-order valence-corrected chi connectivity index (χ1v) is 7.92. The first-order chi connectivity index (χ1) is 10.7. The van der Waals surface area contributed by atoms with E-state index < -0.39 is 5.82 Å². The van der Waals surface area contributed by atoms with Crippen molar-refractivity contribution in [1.82, 2.24) is 4.98 Å². The smallest absolute Gasteiger partial charge is 0.141 e. The summed E-state index contributed by atoms with van der Waals surface area (Å²) in [7, 11) is 0. The molecule has 0 aliphatic heterocycles. The lowest BCUT2D eigenvalue weighted by Gasteiger charge is -2.25. The number of hydrogen-bond donors (Lipinski definition) is 0. The van der Waals surface area contributed by atoms with Gasteiger partial charge in [0, 0.05) is 17.7 Å². The first-order valence-electron chi connectivity index (χ1n) is 7.54. The number of pyridine rings is 1. The molecule has 1 saturated carbocycles. The van der Waals surface area contributed by atoms with Crippen molar-refractivity contribution >= 4 is 17.9 Å². The number of halogens is 2. The van der Waals surface area contributed by atoms with Crippen molar-refractivity contribution in [1.29, 1.82) is 0 Å². The lowest BCUT2D eigenvalue weighted by Crippen LogP contribution is -2.14. The summed E-state index contributed by atoms with van der Waals surface area (Å²) in [5.41, 5.74) is 2.80. The highest BCUT2D eigenvalue weighted by molar-refractivity contribution is 6.31. The minimum absolute atomic E-state index is 0.107. The molecule has 0 N–H and O–H groups in total. The zero-order valence-corrected chi connectivity index (χ0v) is 12.9. The van der Waals surface area contributed by atoms with Gasteiger partial charge in [0.15, 0.2) is 0 Å². The Kier molecular flexibility index (Phi) is 4.53. The van der Waals surface area contributed by atoms with Gasteiger partial charge in [-0.1, -0.05) is 17.7 Å². The minimum Gasteiger partial charge on any atom is -0.303 e. The largest absolute Gasteiger partial charge is 0.303 e. The highest BCUT2D eigenvalue weighted by atomic mass is 35.5. The predicted molar refractivity (Wildman–Crippen MR) is 85.4 cm³/mol. The van der Waals surface area contributed by atoms with Crippen molar-refractivity contribution in [3.63, 3.8) is 0 Å². The molecule has 0 amide bonds. The van der Waals surface area contributed by atoms with Crippen molar-refractivity contribution in [2.75, 3.05) is 0 Å². The Morgan fingerprint density at radius 3 is 2.50 bits per heavy atom. The third-order valence-corrected chi connectivity index (χ3v) is 4.73. The molecule has 0 saturated heterocycles. The molecular formula is C18H17ClFNO. The fourth-order valence-corrected chi connectivity index (χ4v) is 3.24. The van der Waals surface area contributed by atoms with E-state index in [1.54, 1.807) is 12.1 Å². The van der Waals surface area contributed by atoms with Gasteiger partial charge < -0.3 is 4.79 Å². The third-order valence-electron chi connectivity index (χ3n) is 4.44. The number of nitrogens with zero attached hydrogens (tertiary/aromatic N) is 1. The molecule has 0 unspecified atom stereocenters. The molecule has 22 heavy (non-hydrogen) atoms. The number of carbonyl (C=O) groups excluding carboxylic acids is 1. The standard InChI is InChI=1S/C18H17ClFNO/c19-16-9-14(5-7-17(16)20)18-8-6-15(10-21-18)13-3-1-12(11-22)2-4-13/h5-13H,1-4H2/t12-,13-. The molecule has 3 rings (SSSR count). The quantitative estimate of drug-likeness (QED) is 0.744. The summed E-state index contributed by atoms with van der Waals surface area (Å²) >= 11 is 5.81. The molecule has 0 spiro atoms. The second-order valence-electron chi connectivity index (χ2n) is 5.85. The van der Waals surface area contributed by atoms with Crippen LogP contribution in [0.15, 0.2) is 36.5 Å². The Hall–Kier alpha value is -1.74. The fraction of sp³-hybridized carbons (Fsp3) is 0.333. The molecule has 2 aromatic rings. The number of aldehydes is 1. The molecule has 1 aliphatic carbocycles. The summed E-state index contributed by atoms with van der Waals surface area (Å²) < 4.78 is 13.2. The van der Waals surface area contributed by atoms with E-state index in [0.29, 0.717) is 5.92 Å². The second-order valence-corrected chi connectivity index (χ2v) is 6.26. The maximum Gasteiger partial charge on any atom is 0.141 e. The van der Waals surface area contributed by atoms with E-state index in [1.165, 1.54) is 11.6 Å². The van der Waals surface area contributed by atoms with Crippen LogP contribution in [-0.4, -0.2) is 11.3 Å². The topological polar surface area (TPSA) is 30.0 Å². The molecule has 1 aromatic heterocycles. The van der Waals surface area contributed by atoms with Gasteiger partial charge >= 0.3 is 0 Å². The normalized spacial score (nSPS) is 21.5. The number of benzene rings is 1. The maximum absolute atomic E-state index is 13.2. The lowest BCUT2D eigenvalue weighted by molar-refractivity contribution is -0.111. The van der Waals surface area contributed by atoms with Crippen LogP contribution in [0.1, 0.15) is 37.2 Å². The highest BCUT2D eigenvalue weighted by Crippen LogP contribution is 2.35. The molecule has 1 aliphatic rings. The van der Waals surface area contributed by atoms with Gasteiger partial charge in [0.1, 0.15) is 12.1 Å². The van der Waals surface area contributed by atoms with Crippen molar-refractivity contribution in [3.05, 3.63) is 52.9 Å². The Morgan fingerprint density at radius 2 is 1.91 bits per heavy atom. The van der Waals surface area contributed by atoms with E-state index in [9.17, 15) is 9.18 Å². The zero-order valence-electron chi connectivity index (χ0n) is 12.1. The SMILES string of the molecule is O=C[C@H]1CC[C@H](c2ccc(-c3ccc(F)c(Cl)c3)nc2)CC1. The van der Waals surface area contributed by atoms with Crippen LogP contribution in [0.4, 0.5) is 4.39 Å². The highest BCUT2D eigenvalue weighted by Gasteiger charge is 2.22. The lowest BCUT2D eigenvalue weighted by atomic mass is 9.79. The van der Waals surface area contributed by atoms with Gasteiger partial charge in [-0.15, -0.1) is 0 Å². The van der Waals surface area contributed by atoms with Gasteiger partial charge in [-0.2, -0.15) is 0 Å². The Balaban J connectivity index is 1.75. The van der Waals surface area contributed by atoms with Crippen LogP contribution in [0.5, 0.6) is 0 Å². The summed E-state index contributed by atoms with van der Waals surface area (Å²) in [5.74, 6) is 0.286. The minimum atomic E-state index is -0.422. The van der Waals surface area contributed by atoms with E-state index in [0.717, 1.165) is 43.2 Å². The van der Waals surface area contributed by atoms with Crippen LogP contribution >= 0.6 is 11.6 Å². The molecular weight excluding hydrogens is 301 g/mol. The summed E-state index contributed by atoms with van der Waals surface area (Å²) in [4.78, 5) is 15.3.